The molecule has 0 atom stereocenters. The van der Waals surface area contributed by atoms with E-state index in [0.29, 0.717) is 16.5 Å². The lowest BCUT2D eigenvalue weighted by Gasteiger charge is -2.08. The SMILES string of the molecule is COc1cc(-n2nn[nH]c2=O)c(Cl)cc1C. The van der Waals surface area contributed by atoms with Crippen LogP contribution in [0.5, 0.6) is 5.75 Å². The number of nitrogens with one attached hydrogen (secondary N) is 1. The quantitative estimate of drug-likeness (QED) is 0.848. The van der Waals surface area contributed by atoms with Gasteiger partial charge < -0.3 is 4.74 Å². The van der Waals surface area contributed by atoms with E-state index in [1.54, 1.807) is 19.2 Å². The second kappa shape index (κ2) is 3.97. The van der Waals surface area contributed by atoms with Gasteiger partial charge in [0.05, 0.1) is 17.8 Å². The van der Waals surface area contributed by atoms with Crippen LogP contribution < -0.4 is 10.4 Å². The van der Waals surface area contributed by atoms with Gasteiger partial charge in [-0.2, -0.15) is 4.68 Å². The molecule has 1 heterocycles. The number of rotatable bonds is 2. The van der Waals surface area contributed by atoms with Crippen LogP contribution in [0, 0.1) is 6.92 Å². The molecule has 2 rings (SSSR count). The lowest BCUT2D eigenvalue weighted by Crippen LogP contribution is -2.16. The molecule has 1 N–H and O–H groups in total. The first kappa shape index (κ1) is 10.7. The van der Waals surface area contributed by atoms with Crippen LogP contribution in [0.3, 0.4) is 0 Å². The van der Waals surface area contributed by atoms with E-state index in [4.69, 9.17) is 16.3 Å². The molecule has 1 aromatic carbocycles. The first-order chi connectivity index (χ1) is 7.63. The first-order valence-electron chi connectivity index (χ1n) is 4.48. The molecular weight excluding hydrogens is 232 g/mol. The number of halogens is 1. The van der Waals surface area contributed by atoms with Crippen molar-refractivity contribution in [2.24, 2.45) is 0 Å². The van der Waals surface area contributed by atoms with Crippen molar-refractivity contribution in [3.05, 3.63) is 33.2 Å². The number of nitrogens with zero attached hydrogens (tertiary/aromatic N) is 3. The minimum atomic E-state index is -0.451. The Bertz CT molecular complexity index is 575. The second-order valence-corrected chi connectivity index (χ2v) is 3.60. The summed E-state index contributed by atoms with van der Waals surface area (Å²) in [6.07, 6.45) is 0. The van der Waals surface area contributed by atoms with Gasteiger partial charge in [0.1, 0.15) is 5.75 Å². The topological polar surface area (TPSA) is 72.8 Å². The Morgan fingerprint density at radius 1 is 1.50 bits per heavy atom. The Morgan fingerprint density at radius 2 is 2.25 bits per heavy atom. The molecule has 0 amide bonds. The summed E-state index contributed by atoms with van der Waals surface area (Å²) in [5, 5.41) is 9.61. The molecule has 0 radical (unpaired) electrons. The Morgan fingerprint density at radius 3 is 2.81 bits per heavy atom. The standard InChI is InChI=1S/C9H9ClN4O2/c1-5-3-6(10)7(4-8(5)16-2)14-9(15)11-12-13-14/h3-4H,1-2H3,(H,11,13,15). The van der Waals surface area contributed by atoms with Gasteiger partial charge in [-0.15, -0.1) is 0 Å². The predicted octanol–water partition coefficient (Wildman–Crippen LogP) is 0.926. The fourth-order valence-electron chi connectivity index (χ4n) is 1.38. The van der Waals surface area contributed by atoms with Crippen LogP contribution >= 0.6 is 11.6 Å². The van der Waals surface area contributed by atoms with Crippen molar-refractivity contribution in [3.8, 4) is 11.4 Å². The number of aromatic amines is 1. The van der Waals surface area contributed by atoms with Crippen molar-refractivity contribution in [1.29, 1.82) is 0 Å². The van der Waals surface area contributed by atoms with E-state index in [1.165, 1.54) is 0 Å². The average Bonchev–Trinajstić information content (AvgIpc) is 2.65. The summed E-state index contributed by atoms with van der Waals surface area (Å²) in [7, 11) is 1.55. The number of H-pyrrole nitrogens is 1. The van der Waals surface area contributed by atoms with Gasteiger partial charge in [0, 0.05) is 6.07 Å². The normalized spacial score (nSPS) is 10.4. The van der Waals surface area contributed by atoms with E-state index in [-0.39, 0.29) is 0 Å². The second-order valence-electron chi connectivity index (χ2n) is 3.19. The Labute approximate surface area is 95.8 Å². The molecule has 0 spiro atoms. The number of ether oxygens (including phenoxy) is 1. The zero-order valence-electron chi connectivity index (χ0n) is 8.69. The lowest BCUT2D eigenvalue weighted by atomic mass is 10.2. The molecular formula is C9H9ClN4O2. The molecule has 2 aromatic rings. The van der Waals surface area contributed by atoms with Crippen LogP contribution in [0.15, 0.2) is 16.9 Å². The fourth-order valence-corrected chi connectivity index (χ4v) is 1.68. The molecule has 0 unspecified atom stereocenters. The molecule has 1 aromatic heterocycles. The highest BCUT2D eigenvalue weighted by Crippen LogP contribution is 2.27. The van der Waals surface area contributed by atoms with E-state index in [0.717, 1.165) is 10.2 Å². The predicted molar refractivity (Wildman–Crippen MR) is 58.3 cm³/mol. The van der Waals surface area contributed by atoms with E-state index in [2.05, 4.69) is 15.5 Å². The van der Waals surface area contributed by atoms with Gasteiger partial charge in [0.15, 0.2) is 0 Å². The van der Waals surface area contributed by atoms with Crippen molar-refractivity contribution in [3.63, 3.8) is 0 Å². The number of methoxy groups -OCH3 is 1. The molecule has 0 aliphatic carbocycles. The maximum Gasteiger partial charge on any atom is 0.365 e. The summed E-state index contributed by atoms with van der Waals surface area (Å²) < 4.78 is 6.22. The van der Waals surface area contributed by atoms with Crippen molar-refractivity contribution >= 4 is 11.6 Å². The van der Waals surface area contributed by atoms with E-state index in [1.807, 2.05) is 6.92 Å². The molecule has 0 saturated heterocycles. The van der Waals surface area contributed by atoms with E-state index < -0.39 is 5.69 Å². The summed E-state index contributed by atoms with van der Waals surface area (Å²) in [5.74, 6) is 0.634. The highest BCUT2D eigenvalue weighted by molar-refractivity contribution is 6.32. The van der Waals surface area contributed by atoms with Gasteiger partial charge in [0.25, 0.3) is 0 Å². The number of hydrogen-bond acceptors (Lipinski definition) is 4. The third kappa shape index (κ3) is 1.67. The van der Waals surface area contributed by atoms with E-state index >= 15 is 0 Å². The summed E-state index contributed by atoms with van der Waals surface area (Å²) in [5.41, 5.74) is 0.864. The van der Waals surface area contributed by atoms with Gasteiger partial charge in [-0.1, -0.05) is 11.6 Å². The number of aryl methyl sites for hydroxylation is 1. The van der Waals surface area contributed by atoms with Gasteiger partial charge in [0.2, 0.25) is 0 Å². The maximum absolute atomic E-state index is 11.3. The fraction of sp³-hybridized carbons (Fsp3) is 0.222. The highest BCUT2D eigenvalue weighted by atomic mass is 35.5. The summed E-state index contributed by atoms with van der Waals surface area (Å²) >= 11 is 6.02. The Balaban J connectivity index is 2.66. The summed E-state index contributed by atoms with van der Waals surface area (Å²) in [6, 6.07) is 3.35. The monoisotopic (exact) mass is 240 g/mol. The van der Waals surface area contributed by atoms with Crippen LogP contribution in [0.2, 0.25) is 5.02 Å². The number of hydrogen-bond donors (Lipinski definition) is 1. The van der Waals surface area contributed by atoms with Gasteiger partial charge in [-0.3, -0.25) is 0 Å². The third-order valence-corrected chi connectivity index (χ3v) is 2.47. The molecule has 7 heteroatoms. The zero-order chi connectivity index (χ0) is 11.7. The average molecular weight is 241 g/mol. The van der Waals surface area contributed by atoms with Gasteiger partial charge >= 0.3 is 5.69 Å². The smallest absolute Gasteiger partial charge is 0.365 e. The van der Waals surface area contributed by atoms with Gasteiger partial charge in [-0.25, -0.2) is 9.89 Å². The summed E-state index contributed by atoms with van der Waals surface area (Å²) in [6.45, 7) is 1.86. The van der Waals surface area contributed by atoms with E-state index in [9.17, 15) is 4.79 Å². The summed E-state index contributed by atoms with van der Waals surface area (Å²) in [4.78, 5) is 11.3. The van der Waals surface area contributed by atoms with Crippen LogP contribution in [0.25, 0.3) is 5.69 Å². The molecule has 0 saturated carbocycles. The number of benzene rings is 1. The minimum absolute atomic E-state index is 0.411. The van der Waals surface area contributed by atoms with Crippen LogP contribution in [-0.2, 0) is 0 Å². The number of aromatic nitrogens is 4. The van der Waals surface area contributed by atoms with Crippen LogP contribution in [0.1, 0.15) is 5.56 Å². The highest BCUT2D eigenvalue weighted by Gasteiger charge is 2.11. The zero-order valence-corrected chi connectivity index (χ0v) is 9.45. The maximum atomic E-state index is 11.3. The van der Waals surface area contributed by atoms with Gasteiger partial charge in [-0.05, 0) is 29.0 Å². The van der Waals surface area contributed by atoms with Crippen molar-refractivity contribution in [2.45, 2.75) is 6.92 Å². The molecule has 0 aliphatic rings. The number of tetrazole rings is 1. The third-order valence-electron chi connectivity index (χ3n) is 2.16. The lowest BCUT2D eigenvalue weighted by molar-refractivity contribution is 0.411. The molecule has 0 bridgehead atoms. The molecule has 16 heavy (non-hydrogen) atoms. The molecule has 0 aliphatic heterocycles. The largest absolute Gasteiger partial charge is 0.496 e. The van der Waals surface area contributed by atoms with Crippen molar-refractivity contribution < 1.29 is 4.74 Å². The van der Waals surface area contributed by atoms with Crippen molar-refractivity contribution in [2.75, 3.05) is 7.11 Å². The molecule has 0 fully saturated rings. The Hall–Kier alpha value is -1.82. The molecule has 6 nitrogen and oxygen atoms in total. The Kier molecular flexibility index (Phi) is 2.66. The van der Waals surface area contributed by atoms with Crippen LogP contribution in [0.4, 0.5) is 0 Å². The first-order valence-corrected chi connectivity index (χ1v) is 4.86. The van der Waals surface area contributed by atoms with Crippen LogP contribution in [-0.4, -0.2) is 27.3 Å². The van der Waals surface area contributed by atoms with Crippen molar-refractivity contribution in [1.82, 2.24) is 20.2 Å². The minimum Gasteiger partial charge on any atom is -0.496 e. The molecule has 84 valence electrons.